The molecule has 0 radical (unpaired) electrons. The highest BCUT2D eigenvalue weighted by Gasteiger charge is 2.64. The van der Waals surface area contributed by atoms with Gasteiger partial charge in [0.05, 0.1) is 12.2 Å². The molecule has 0 spiro atoms. The number of nitriles is 1. The SMILES string of the molecule is CC1(C)OCC(=S)N[C@](C)(c2cc(CC3CCCc4cc(C#N)cnc43)ccc2F)C1(F)F. The van der Waals surface area contributed by atoms with Crippen LogP contribution in [0.5, 0.6) is 0 Å². The Morgan fingerprint density at radius 3 is 2.76 bits per heavy atom. The maximum Gasteiger partial charge on any atom is 0.302 e. The summed E-state index contributed by atoms with van der Waals surface area (Å²) in [5.41, 5.74) is -0.865. The number of hydrogen-bond donors (Lipinski definition) is 1. The molecule has 33 heavy (non-hydrogen) atoms. The number of aryl methyl sites for hydroxylation is 1. The Hall–Kier alpha value is -2.50. The van der Waals surface area contributed by atoms with Crippen LogP contribution in [0.4, 0.5) is 13.2 Å². The Morgan fingerprint density at radius 2 is 2.03 bits per heavy atom. The van der Waals surface area contributed by atoms with Crippen LogP contribution in [0.2, 0.25) is 0 Å². The Kier molecular flexibility index (Phi) is 6.00. The first-order valence-corrected chi connectivity index (χ1v) is 11.4. The lowest BCUT2D eigenvalue weighted by Crippen LogP contribution is -2.62. The number of fused-ring (bicyclic) bond motifs is 1. The van der Waals surface area contributed by atoms with Gasteiger partial charge in [-0.15, -0.1) is 0 Å². The van der Waals surface area contributed by atoms with E-state index in [-0.39, 0.29) is 23.1 Å². The van der Waals surface area contributed by atoms with Crippen molar-refractivity contribution in [1.29, 1.82) is 5.26 Å². The van der Waals surface area contributed by atoms with Crippen LogP contribution in [0.3, 0.4) is 0 Å². The Bertz CT molecular complexity index is 1140. The van der Waals surface area contributed by atoms with Gasteiger partial charge in [-0.05, 0) is 69.7 Å². The smallest absolute Gasteiger partial charge is 0.302 e. The average molecular weight is 474 g/mol. The van der Waals surface area contributed by atoms with Crippen molar-refractivity contribution in [2.45, 2.75) is 69.4 Å². The van der Waals surface area contributed by atoms with Crippen LogP contribution >= 0.6 is 12.2 Å². The third kappa shape index (κ3) is 4.02. The number of ether oxygens (including phenoxy) is 1. The summed E-state index contributed by atoms with van der Waals surface area (Å²) in [4.78, 5) is 4.62. The van der Waals surface area contributed by atoms with E-state index >= 15 is 13.2 Å². The van der Waals surface area contributed by atoms with Crippen LogP contribution in [-0.2, 0) is 23.1 Å². The van der Waals surface area contributed by atoms with Crippen molar-refractivity contribution in [3.63, 3.8) is 0 Å². The third-order valence-corrected chi connectivity index (χ3v) is 7.13. The Labute approximate surface area is 197 Å². The zero-order valence-electron chi connectivity index (χ0n) is 18.8. The molecular formula is C25H26F3N3OS. The van der Waals surface area contributed by atoms with E-state index in [1.165, 1.54) is 32.9 Å². The topological polar surface area (TPSA) is 57.9 Å². The van der Waals surface area contributed by atoms with Crippen LogP contribution in [-0.4, -0.2) is 28.1 Å². The molecule has 174 valence electrons. The molecule has 0 bridgehead atoms. The molecule has 1 fully saturated rings. The number of hydrogen-bond acceptors (Lipinski definition) is 4. The van der Waals surface area contributed by atoms with Crippen LogP contribution in [0, 0.1) is 17.1 Å². The van der Waals surface area contributed by atoms with Crippen LogP contribution in [0.25, 0.3) is 0 Å². The van der Waals surface area contributed by atoms with Crippen molar-refractivity contribution in [2.24, 2.45) is 0 Å². The molecule has 0 saturated carbocycles. The second-order valence-electron chi connectivity index (χ2n) is 9.53. The van der Waals surface area contributed by atoms with Gasteiger partial charge in [0, 0.05) is 23.4 Å². The van der Waals surface area contributed by atoms with E-state index < -0.39 is 22.9 Å². The predicted octanol–water partition coefficient (Wildman–Crippen LogP) is 5.33. The fraction of sp³-hybridized carbons (Fsp3) is 0.480. The van der Waals surface area contributed by atoms with E-state index in [1.54, 1.807) is 12.3 Å². The molecule has 1 N–H and O–H groups in total. The predicted molar refractivity (Wildman–Crippen MR) is 123 cm³/mol. The van der Waals surface area contributed by atoms with Gasteiger partial charge >= 0.3 is 5.92 Å². The first-order valence-electron chi connectivity index (χ1n) is 11.0. The molecule has 2 atom stereocenters. The molecule has 2 aliphatic rings. The summed E-state index contributed by atoms with van der Waals surface area (Å²) in [5.74, 6) is -4.13. The fourth-order valence-electron chi connectivity index (χ4n) is 4.96. The number of alkyl halides is 2. The Morgan fingerprint density at radius 1 is 1.27 bits per heavy atom. The summed E-state index contributed by atoms with van der Waals surface area (Å²) < 4.78 is 51.9. The zero-order chi connectivity index (χ0) is 24.0. The highest BCUT2D eigenvalue weighted by molar-refractivity contribution is 7.80. The summed E-state index contributed by atoms with van der Waals surface area (Å²) in [6, 6.07) is 8.37. The molecule has 1 unspecified atom stereocenters. The first-order chi connectivity index (χ1) is 15.5. The third-order valence-electron chi connectivity index (χ3n) is 6.91. The van der Waals surface area contributed by atoms with E-state index in [9.17, 15) is 0 Å². The van der Waals surface area contributed by atoms with Crippen LogP contribution < -0.4 is 5.32 Å². The first kappa shape index (κ1) is 23.7. The van der Waals surface area contributed by atoms with Gasteiger partial charge in [0.1, 0.15) is 28.0 Å². The van der Waals surface area contributed by atoms with Crippen molar-refractivity contribution in [2.75, 3.05) is 6.61 Å². The lowest BCUT2D eigenvalue weighted by molar-refractivity contribution is -0.216. The minimum Gasteiger partial charge on any atom is -0.363 e. The summed E-state index contributed by atoms with van der Waals surface area (Å²) in [6.07, 6.45) is 4.77. The minimum atomic E-state index is -3.47. The maximum absolute atomic E-state index is 15.7. The van der Waals surface area contributed by atoms with E-state index in [0.717, 1.165) is 36.1 Å². The van der Waals surface area contributed by atoms with Gasteiger partial charge in [0.25, 0.3) is 0 Å². The molecule has 1 aliphatic carbocycles. The second-order valence-corrected chi connectivity index (χ2v) is 10.0. The normalized spacial score (nSPS) is 26.0. The largest absolute Gasteiger partial charge is 0.363 e. The fourth-order valence-corrected chi connectivity index (χ4v) is 5.22. The molecular weight excluding hydrogens is 447 g/mol. The van der Waals surface area contributed by atoms with Gasteiger partial charge in [-0.25, -0.2) is 13.2 Å². The van der Waals surface area contributed by atoms with Gasteiger partial charge in [-0.3, -0.25) is 4.98 Å². The summed E-state index contributed by atoms with van der Waals surface area (Å²) in [7, 11) is 0. The number of nitrogens with zero attached hydrogens (tertiary/aromatic N) is 2. The summed E-state index contributed by atoms with van der Waals surface area (Å²) in [6.45, 7) is 3.70. The number of aromatic nitrogens is 1. The number of halogens is 3. The average Bonchev–Trinajstić information content (AvgIpc) is 2.83. The lowest BCUT2D eigenvalue weighted by Gasteiger charge is -2.44. The van der Waals surface area contributed by atoms with Crippen molar-refractivity contribution >= 4 is 17.2 Å². The molecule has 0 amide bonds. The number of rotatable bonds is 3. The monoisotopic (exact) mass is 473 g/mol. The molecule has 1 aromatic carbocycles. The van der Waals surface area contributed by atoms with Gasteiger partial charge in [-0.1, -0.05) is 24.4 Å². The van der Waals surface area contributed by atoms with Gasteiger partial charge in [0.15, 0.2) is 0 Å². The molecule has 4 nitrogen and oxygen atoms in total. The van der Waals surface area contributed by atoms with Gasteiger partial charge < -0.3 is 10.1 Å². The zero-order valence-corrected chi connectivity index (χ0v) is 19.7. The van der Waals surface area contributed by atoms with Crippen LogP contribution in [0.15, 0.2) is 30.5 Å². The quantitative estimate of drug-likeness (QED) is 0.611. The molecule has 4 rings (SSSR count). The molecule has 1 saturated heterocycles. The summed E-state index contributed by atoms with van der Waals surface area (Å²) in [5, 5.41) is 11.8. The second kappa shape index (κ2) is 8.37. The maximum atomic E-state index is 15.7. The van der Waals surface area contributed by atoms with E-state index in [1.807, 2.05) is 6.07 Å². The van der Waals surface area contributed by atoms with Crippen molar-refractivity contribution < 1.29 is 17.9 Å². The number of thiocarbonyl (C=S) groups is 1. The standard InChI is InChI=1S/C25H26F3N3OS/c1-23(2)25(27,28)24(3,31-21(33)14-32-23)19-11-15(7-8-20(19)26)9-17-5-4-6-18-10-16(12-29)13-30-22(17)18/h7-8,10-11,13,17H,4-6,9,14H2,1-3H3,(H,31,33)/t17?,24-/m1/s1. The number of benzene rings is 1. The number of pyridine rings is 1. The van der Waals surface area contributed by atoms with E-state index in [4.69, 9.17) is 22.2 Å². The number of nitrogens with one attached hydrogen (secondary N) is 1. The molecule has 8 heteroatoms. The lowest BCUT2D eigenvalue weighted by atomic mass is 9.76. The minimum absolute atomic E-state index is 0.0658. The highest BCUT2D eigenvalue weighted by Crippen LogP contribution is 2.48. The van der Waals surface area contributed by atoms with E-state index in [2.05, 4.69) is 16.4 Å². The molecule has 1 aromatic heterocycles. The van der Waals surface area contributed by atoms with Crippen molar-refractivity contribution in [3.8, 4) is 6.07 Å². The molecule has 2 heterocycles. The van der Waals surface area contributed by atoms with Crippen molar-refractivity contribution in [3.05, 3.63) is 64.2 Å². The molecule has 1 aliphatic heterocycles. The van der Waals surface area contributed by atoms with Gasteiger partial charge in [0.2, 0.25) is 0 Å². The Balaban J connectivity index is 1.72. The van der Waals surface area contributed by atoms with Crippen molar-refractivity contribution in [1.82, 2.24) is 10.3 Å². The summed E-state index contributed by atoms with van der Waals surface area (Å²) >= 11 is 5.19. The van der Waals surface area contributed by atoms with Gasteiger partial charge in [-0.2, -0.15) is 5.26 Å². The highest BCUT2D eigenvalue weighted by atomic mass is 32.1. The van der Waals surface area contributed by atoms with Crippen LogP contribution in [0.1, 0.15) is 67.5 Å². The molecule has 2 aromatic rings. The van der Waals surface area contributed by atoms with E-state index in [0.29, 0.717) is 12.0 Å².